The minimum Gasteiger partial charge on any atom is -0.377 e. The minimum atomic E-state index is -4.86. The topological polar surface area (TPSA) is 112 Å². The molecule has 9 nitrogen and oxygen atoms in total. The van der Waals surface area contributed by atoms with Gasteiger partial charge in [0.25, 0.3) is 0 Å². The molecular weight excluding hydrogens is 536 g/mol. The van der Waals surface area contributed by atoms with E-state index < -0.39 is 65.1 Å². The summed E-state index contributed by atoms with van der Waals surface area (Å²) in [7, 11) is 0. The summed E-state index contributed by atoms with van der Waals surface area (Å²) in [5, 5.41) is 14.2. The van der Waals surface area contributed by atoms with E-state index in [4.69, 9.17) is 10.6 Å². The summed E-state index contributed by atoms with van der Waals surface area (Å²) in [6, 6.07) is 6.95. The third-order valence-corrected chi connectivity index (χ3v) is 6.30. The number of alkyl halides is 3. The number of fused-ring (bicyclic) bond motifs is 1. The highest BCUT2D eigenvalue weighted by Gasteiger charge is 2.51. The van der Waals surface area contributed by atoms with Crippen LogP contribution in [-0.4, -0.2) is 82.2 Å². The normalized spacial score (nSPS) is 19.4. The Bertz CT molecular complexity index is 1260. The Morgan fingerprint density at radius 1 is 1.08 bits per heavy atom. The van der Waals surface area contributed by atoms with Crippen LogP contribution >= 0.6 is 0 Å². The number of benzene rings is 2. The number of nitrogens with two attached hydrogens (primary N) is 1. The minimum absolute atomic E-state index is 0.0539. The second-order valence-electron chi connectivity index (χ2n) is 8.93. The second kappa shape index (κ2) is 11.2. The van der Waals surface area contributed by atoms with Gasteiger partial charge >= 0.3 is 12.1 Å². The number of halogens is 6. The predicted molar refractivity (Wildman–Crippen MR) is 123 cm³/mol. The predicted octanol–water partition coefficient (Wildman–Crippen LogP) is 2.33. The molecule has 39 heavy (non-hydrogen) atoms. The molecule has 1 fully saturated rings. The zero-order valence-corrected chi connectivity index (χ0v) is 20.1. The lowest BCUT2D eigenvalue weighted by molar-refractivity contribution is -0.221. The van der Waals surface area contributed by atoms with Crippen molar-refractivity contribution in [3.63, 3.8) is 0 Å². The van der Waals surface area contributed by atoms with Crippen LogP contribution in [0.25, 0.3) is 0 Å². The van der Waals surface area contributed by atoms with Crippen LogP contribution in [0, 0.1) is 17.5 Å². The fourth-order valence-electron chi connectivity index (χ4n) is 4.25. The van der Waals surface area contributed by atoms with E-state index in [0.717, 1.165) is 4.90 Å². The smallest absolute Gasteiger partial charge is 0.377 e. The number of hydroxylamine groups is 1. The molecule has 0 saturated carbocycles. The molecule has 15 heteroatoms. The Hall–Kier alpha value is -3.69. The van der Waals surface area contributed by atoms with E-state index in [1.807, 2.05) is 0 Å². The quantitative estimate of drug-likeness (QED) is 0.288. The summed E-state index contributed by atoms with van der Waals surface area (Å²) in [5.41, 5.74) is 5.29. The molecule has 210 valence electrons. The number of aliphatic hydroxyl groups excluding tert-OH is 1. The molecule has 2 heterocycles. The van der Waals surface area contributed by atoms with Gasteiger partial charge in [-0.3, -0.25) is 9.69 Å². The number of aliphatic hydroxyl groups is 1. The molecule has 2 aliphatic heterocycles. The maximum absolute atomic E-state index is 14.0. The highest BCUT2D eigenvalue weighted by molar-refractivity contribution is 6.00. The molecule has 0 radical (unpaired) electrons. The summed E-state index contributed by atoms with van der Waals surface area (Å²) >= 11 is 0. The van der Waals surface area contributed by atoms with Crippen LogP contribution < -0.4 is 5.73 Å². The summed E-state index contributed by atoms with van der Waals surface area (Å²) in [6.45, 7) is -0.184. The molecule has 0 aliphatic carbocycles. The first kappa shape index (κ1) is 28.3. The molecule has 0 bridgehead atoms. The van der Waals surface area contributed by atoms with Crippen LogP contribution in [0.1, 0.15) is 28.4 Å². The van der Waals surface area contributed by atoms with E-state index in [0.29, 0.717) is 11.2 Å². The van der Waals surface area contributed by atoms with Gasteiger partial charge in [0.05, 0.1) is 11.6 Å². The van der Waals surface area contributed by atoms with Gasteiger partial charge in [-0.25, -0.2) is 18.0 Å². The van der Waals surface area contributed by atoms with Gasteiger partial charge in [-0.2, -0.15) is 13.2 Å². The van der Waals surface area contributed by atoms with E-state index in [1.165, 1.54) is 12.1 Å². The van der Waals surface area contributed by atoms with E-state index in [1.54, 1.807) is 23.1 Å². The summed E-state index contributed by atoms with van der Waals surface area (Å²) < 4.78 is 81.5. The first-order chi connectivity index (χ1) is 18.4. The van der Waals surface area contributed by atoms with E-state index in [2.05, 4.69) is 5.10 Å². The summed E-state index contributed by atoms with van der Waals surface area (Å²) in [4.78, 5) is 32.5. The monoisotopic (exact) mass is 559 g/mol. The highest BCUT2D eigenvalue weighted by atomic mass is 19.4. The van der Waals surface area contributed by atoms with Crippen molar-refractivity contribution in [1.82, 2.24) is 15.0 Å². The van der Waals surface area contributed by atoms with Crippen molar-refractivity contribution in [2.45, 2.75) is 30.9 Å². The average molecular weight is 559 g/mol. The van der Waals surface area contributed by atoms with Crippen molar-refractivity contribution < 1.29 is 45.9 Å². The van der Waals surface area contributed by atoms with Gasteiger partial charge in [-0.05, 0) is 18.1 Å². The number of amidine groups is 1. The number of piperazine rings is 1. The van der Waals surface area contributed by atoms with Crippen molar-refractivity contribution in [2.24, 2.45) is 10.8 Å². The number of hydrogen-bond acceptors (Lipinski definition) is 9. The van der Waals surface area contributed by atoms with Crippen LogP contribution in [0.4, 0.5) is 26.3 Å². The fraction of sp³-hybridized carbons (Fsp3) is 0.375. The van der Waals surface area contributed by atoms with Crippen molar-refractivity contribution in [3.8, 4) is 0 Å². The molecule has 0 amide bonds. The van der Waals surface area contributed by atoms with Gasteiger partial charge in [0.2, 0.25) is 5.84 Å². The third kappa shape index (κ3) is 6.15. The number of rotatable bonds is 8. The molecule has 2 aromatic carbocycles. The van der Waals surface area contributed by atoms with Crippen molar-refractivity contribution in [1.29, 1.82) is 0 Å². The number of Topliss-reactive ketones (excluding diaryl/α,β-unsaturated/α-hetero) is 1. The summed E-state index contributed by atoms with van der Waals surface area (Å²) in [5.74, 6) is -7.66. The number of nitrogens with zero attached hydrogens (tertiary/aromatic N) is 4. The maximum Gasteiger partial charge on any atom is 0.451 e. The number of hydrogen-bond donors (Lipinski definition) is 2. The zero-order valence-electron chi connectivity index (χ0n) is 20.1. The molecule has 3 atom stereocenters. The molecule has 4 rings (SSSR count). The molecule has 2 aromatic rings. The Labute approximate surface area is 218 Å². The van der Waals surface area contributed by atoms with Crippen LogP contribution in [0.15, 0.2) is 47.6 Å². The van der Waals surface area contributed by atoms with Gasteiger partial charge in [-0.1, -0.05) is 35.5 Å². The van der Waals surface area contributed by atoms with Gasteiger partial charge in [-0.15, -0.1) is 5.10 Å². The third-order valence-electron chi connectivity index (χ3n) is 6.30. The van der Waals surface area contributed by atoms with Crippen LogP contribution in [0.5, 0.6) is 0 Å². The molecule has 3 unspecified atom stereocenters. The van der Waals surface area contributed by atoms with Gasteiger partial charge in [0, 0.05) is 32.2 Å². The molecule has 0 spiro atoms. The van der Waals surface area contributed by atoms with Crippen LogP contribution in [-0.2, 0) is 9.63 Å². The number of hydrazone groups is 1. The lowest BCUT2D eigenvalue weighted by Crippen LogP contribution is -2.59. The van der Waals surface area contributed by atoms with Gasteiger partial charge < -0.3 is 20.6 Å². The zero-order chi connectivity index (χ0) is 28.5. The molecule has 3 N–H and O–H groups in total. The largest absolute Gasteiger partial charge is 0.451 e. The Balaban J connectivity index is 1.42. The fourth-order valence-corrected chi connectivity index (χ4v) is 4.25. The maximum atomic E-state index is 14.0. The first-order valence-corrected chi connectivity index (χ1v) is 11.7. The molecule has 2 aliphatic rings. The van der Waals surface area contributed by atoms with Crippen molar-refractivity contribution >= 4 is 17.6 Å². The van der Waals surface area contributed by atoms with E-state index in [-0.39, 0.29) is 44.2 Å². The number of ketones is 1. The van der Waals surface area contributed by atoms with Crippen molar-refractivity contribution in [2.75, 3.05) is 26.2 Å². The summed E-state index contributed by atoms with van der Waals surface area (Å²) in [6.07, 6.45) is -7.94. The molecule has 0 aromatic heterocycles. The van der Waals surface area contributed by atoms with E-state index in [9.17, 15) is 41.0 Å². The molecule has 1 saturated heterocycles. The van der Waals surface area contributed by atoms with Crippen molar-refractivity contribution in [3.05, 3.63) is 71.0 Å². The van der Waals surface area contributed by atoms with Crippen LogP contribution in [0.2, 0.25) is 0 Å². The average Bonchev–Trinajstić information content (AvgIpc) is 3.27. The molecular formula is C24H23F6N5O4. The number of carbonyl (C=O) groups is 2. The lowest BCUT2D eigenvalue weighted by atomic mass is 10.0. The highest BCUT2D eigenvalue weighted by Crippen LogP contribution is 2.31. The Morgan fingerprint density at radius 2 is 1.74 bits per heavy atom. The second-order valence-corrected chi connectivity index (χ2v) is 8.93. The Morgan fingerprint density at radius 3 is 2.41 bits per heavy atom. The van der Waals surface area contributed by atoms with Crippen LogP contribution in [0.3, 0.4) is 0 Å². The van der Waals surface area contributed by atoms with Gasteiger partial charge in [0.15, 0.2) is 29.7 Å². The standard InChI is InChI=1S/C24H23F6N5O4/c25-15-11-17(27)16(26)10-14(15)21(37)18(31)6-7-33-8-9-34-19(12-33)35(32-23(34)24(28,29)30)39-22(38)20(36)13-4-2-1-3-5-13/h1-5,10-11,18-20,36H,6-9,12,31H2. The number of carbonyl (C=O) groups excluding carboxylic acids is 2. The van der Waals surface area contributed by atoms with E-state index >= 15 is 0 Å². The van der Waals surface area contributed by atoms with Gasteiger partial charge in [0.1, 0.15) is 5.82 Å². The Kier molecular flexibility index (Phi) is 8.13. The SMILES string of the molecule is NC(CCN1CCN2C(C(F)(F)F)=NN(OC(=O)C(O)c3ccccc3)C2C1)C(=O)c1cc(F)c(F)cc1F. The lowest BCUT2D eigenvalue weighted by Gasteiger charge is -2.40. The first-order valence-electron chi connectivity index (χ1n) is 11.7.